The van der Waals surface area contributed by atoms with E-state index in [0.717, 1.165) is 16.1 Å². The molecule has 0 saturated carbocycles. The summed E-state index contributed by atoms with van der Waals surface area (Å²) < 4.78 is 36.7. The van der Waals surface area contributed by atoms with E-state index in [2.05, 4.69) is 5.32 Å². The molecular formula is C24H31N3O6S. The number of benzene rings is 2. The number of carbonyl (C=O) groups excluding carboxylic acids is 2. The van der Waals surface area contributed by atoms with Gasteiger partial charge in [0.25, 0.3) is 5.91 Å². The topological polar surface area (TPSA) is 105 Å². The minimum Gasteiger partial charge on any atom is -0.491 e. The Bertz CT molecular complexity index is 1100. The second-order valence-corrected chi connectivity index (χ2v) is 10.2. The van der Waals surface area contributed by atoms with Gasteiger partial charge in [-0.05, 0) is 55.8 Å². The molecular weight excluding hydrogens is 458 g/mol. The van der Waals surface area contributed by atoms with E-state index in [1.807, 2.05) is 38.1 Å². The highest BCUT2D eigenvalue weighted by Crippen LogP contribution is 2.20. The lowest BCUT2D eigenvalue weighted by atomic mass is 10.1. The van der Waals surface area contributed by atoms with Crippen LogP contribution in [0.5, 0.6) is 5.75 Å². The lowest BCUT2D eigenvalue weighted by molar-refractivity contribution is -0.119. The smallest absolute Gasteiger partial charge is 0.254 e. The Kier molecular flexibility index (Phi) is 8.51. The molecule has 34 heavy (non-hydrogen) atoms. The third-order valence-corrected chi connectivity index (χ3v) is 6.29. The zero-order chi connectivity index (χ0) is 24.7. The number of rotatable bonds is 9. The molecule has 0 radical (unpaired) electrons. The first-order valence-corrected chi connectivity index (χ1v) is 13.0. The van der Waals surface area contributed by atoms with Gasteiger partial charge in [-0.15, -0.1) is 0 Å². The predicted molar refractivity (Wildman–Crippen MR) is 129 cm³/mol. The van der Waals surface area contributed by atoms with Crippen LogP contribution in [-0.4, -0.2) is 70.3 Å². The monoisotopic (exact) mass is 489 g/mol. The number of hydrogen-bond acceptors (Lipinski definition) is 6. The van der Waals surface area contributed by atoms with Gasteiger partial charge in [-0.25, -0.2) is 8.42 Å². The highest BCUT2D eigenvalue weighted by Gasteiger charge is 2.23. The molecule has 1 aliphatic rings. The van der Waals surface area contributed by atoms with Gasteiger partial charge in [0.2, 0.25) is 15.9 Å². The van der Waals surface area contributed by atoms with Gasteiger partial charge in [0, 0.05) is 25.2 Å². The van der Waals surface area contributed by atoms with Crippen LogP contribution < -0.4 is 14.4 Å². The highest BCUT2D eigenvalue weighted by atomic mass is 32.2. The average Bonchev–Trinajstić information content (AvgIpc) is 2.80. The third kappa shape index (κ3) is 7.19. The number of nitrogens with zero attached hydrogens (tertiary/aromatic N) is 2. The molecule has 1 aliphatic heterocycles. The maximum absolute atomic E-state index is 12.6. The third-order valence-electron chi connectivity index (χ3n) is 5.15. The van der Waals surface area contributed by atoms with Crippen LogP contribution in [-0.2, 0) is 26.1 Å². The first-order chi connectivity index (χ1) is 16.1. The summed E-state index contributed by atoms with van der Waals surface area (Å²) in [6.45, 7) is 5.74. The van der Waals surface area contributed by atoms with E-state index in [9.17, 15) is 18.0 Å². The number of sulfonamides is 1. The maximum atomic E-state index is 12.6. The lowest BCUT2D eigenvalue weighted by Gasteiger charge is -2.27. The summed E-state index contributed by atoms with van der Waals surface area (Å²) in [5, 5.41) is 2.75. The standard InChI is InChI=1S/C24H31N3O6S/c1-18(2)33-22-6-4-5-19(15-22)16-25-23(28)17-27(34(3,30)31)21-9-7-20(8-10-21)24(29)26-11-13-32-14-12-26/h4-10,15,18H,11-14,16-17H2,1-3H3,(H,25,28). The summed E-state index contributed by atoms with van der Waals surface area (Å²) in [5.41, 5.74) is 1.60. The number of hydrogen-bond donors (Lipinski definition) is 1. The molecule has 0 atom stereocenters. The molecule has 0 bridgehead atoms. The molecule has 184 valence electrons. The van der Waals surface area contributed by atoms with Crippen LogP contribution >= 0.6 is 0 Å². The van der Waals surface area contributed by atoms with E-state index in [1.54, 1.807) is 17.0 Å². The van der Waals surface area contributed by atoms with Crippen LogP contribution in [0, 0.1) is 0 Å². The van der Waals surface area contributed by atoms with E-state index < -0.39 is 15.9 Å². The summed E-state index contributed by atoms with van der Waals surface area (Å²) in [6, 6.07) is 13.6. The van der Waals surface area contributed by atoms with Crippen LogP contribution in [0.25, 0.3) is 0 Å². The zero-order valence-corrected chi connectivity index (χ0v) is 20.5. The first-order valence-electron chi connectivity index (χ1n) is 11.1. The Morgan fingerprint density at radius 1 is 1.12 bits per heavy atom. The molecule has 1 N–H and O–H groups in total. The van der Waals surface area contributed by atoms with Gasteiger partial charge in [0.15, 0.2) is 0 Å². The Labute approximate surface area is 200 Å². The van der Waals surface area contributed by atoms with Crippen molar-refractivity contribution >= 4 is 27.5 Å². The van der Waals surface area contributed by atoms with Crippen molar-refractivity contribution in [3.8, 4) is 5.75 Å². The number of morpholine rings is 1. The predicted octanol–water partition coefficient (Wildman–Crippen LogP) is 2.03. The number of nitrogens with one attached hydrogen (secondary N) is 1. The molecule has 1 heterocycles. The van der Waals surface area contributed by atoms with Gasteiger partial charge < -0.3 is 19.7 Å². The minimum atomic E-state index is -3.73. The molecule has 10 heteroatoms. The Hall–Kier alpha value is -3.11. The second-order valence-electron chi connectivity index (χ2n) is 8.31. The Balaban J connectivity index is 1.64. The molecule has 0 spiro atoms. The SMILES string of the molecule is CC(C)Oc1cccc(CNC(=O)CN(c2ccc(C(=O)N3CCOCC3)cc2)S(C)(=O)=O)c1. The van der Waals surface area contributed by atoms with E-state index in [0.29, 0.717) is 43.3 Å². The molecule has 0 aromatic heterocycles. The van der Waals surface area contributed by atoms with Gasteiger partial charge in [-0.1, -0.05) is 12.1 Å². The van der Waals surface area contributed by atoms with E-state index in [1.165, 1.54) is 12.1 Å². The van der Waals surface area contributed by atoms with E-state index in [-0.39, 0.29) is 25.1 Å². The fourth-order valence-corrected chi connectivity index (χ4v) is 4.36. The van der Waals surface area contributed by atoms with Crippen LogP contribution in [0.2, 0.25) is 0 Å². The second kappa shape index (κ2) is 11.3. The van der Waals surface area contributed by atoms with Crippen molar-refractivity contribution in [3.63, 3.8) is 0 Å². The van der Waals surface area contributed by atoms with Crippen LogP contribution in [0.15, 0.2) is 48.5 Å². The maximum Gasteiger partial charge on any atom is 0.254 e. The summed E-state index contributed by atoms with van der Waals surface area (Å²) in [5.74, 6) is 0.113. The van der Waals surface area contributed by atoms with Crippen LogP contribution in [0.1, 0.15) is 29.8 Å². The van der Waals surface area contributed by atoms with E-state index >= 15 is 0 Å². The van der Waals surface area contributed by atoms with Crippen molar-refractivity contribution < 1.29 is 27.5 Å². The van der Waals surface area contributed by atoms with Crippen LogP contribution in [0.3, 0.4) is 0 Å². The molecule has 2 aromatic rings. The van der Waals surface area contributed by atoms with Crippen molar-refractivity contribution in [1.82, 2.24) is 10.2 Å². The highest BCUT2D eigenvalue weighted by molar-refractivity contribution is 7.92. The van der Waals surface area contributed by atoms with Crippen LogP contribution in [0.4, 0.5) is 5.69 Å². The van der Waals surface area contributed by atoms with Gasteiger partial charge in [-0.2, -0.15) is 0 Å². The van der Waals surface area contributed by atoms with Gasteiger partial charge in [-0.3, -0.25) is 13.9 Å². The largest absolute Gasteiger partial charge is 0.491 e. The molecule has 2 amide bonds. The molecule has 0 aliphatic carbocycles. The summed E-state index contributed by atoms with van der Waals surface area (Å²) in [4.78, 5) is 26.9. The van der Waals surface area contributed by atoms with Gasteiger partial charge in [0.1, 0.15) is 12.3 Å². The van der Waals surface area contributed by atoms with Gasteiger partial charge in [0.05, 0.1) is 31.3 Å². The Morgan fingerprint density at radius 2 is 1.79 bits per heavy atom. The molecule has 0 unspecified atom stereocenters. The average molecular weight is 490 g/mol. The molecule has 9 nitrogen and oxygen atoms in total. The Morgan fingerprint density at radius 3 is 2.41 bits per heavy atom. The van der Waals surface area contributed by atoms with Crippen molar-refractivity contribution in [3.05, 3.63) is 59.7 Å². The van der Waals surface area contributed by atoms with Crippen molar-refractivity contribution in [2.24, 2.45) is 0 Å². The van der Waals surface area contributed by atoms with Gasteiger partial charge >= 0.3 is 0 Å². The normalized spacial score (nSPS) is 14.1. The number of anilines is 1. The number of carbonyl (C=O) groups is 2. The van der Waals surface area contributed by atoms with Crippen molar-refractivity contribution in [2.75, 3.05) is 43.4 Å². The summed E-state index contributed by atoms with van der Waals surface area (Å²) >= 11 is 0. The van der Waals surface area contributed by atoms with E-state index in [4.69, 9.17) is 9.47 Å². The molecule has 1 fully saturated rings. The molecule has 2 aromatic carbocycles. The first kappa shape index (κ1) is 25.5. The number of ether oxygens (including phenoxy) is 2. The molecule has 1 saturated heterocycles. The minimum absolute atomic E-state index is 0.0312. The van der Waals surface area contributed by atoms with Crippen molar-refractivity contribution in [1.29, 1.82) is 0 Å². The summed E-state index contributed by atoms with van der Waals surface area (Å²) in [6.07, 6.45) is 1.07. The summed E-state index contributed by atoms with van der Waals surface area (Å²) in [7, 11) is -3.73. The lowest BCUT2D eigenvalue weighted by Crippen LogP contribution is -2.41. The molecule has 3 rings (SSSR count). The number of amides is 2. The fourth-order valence-electron chi connectivity index (χ4n) is 3.51. The van der Waals surface area contributed by atoms with Crippen molar-refractivity contribution in [2.45, 2.75) is 26.5 Å². The quantitative estimate of drug-likeness (QED) is 0.578. The fraction of sp³-hybridized carbons (Fsp3) is 0.417. The zero-order valence-electron chi connectivity index (χ0n) is 19.7.